The van der Waals surface area contributed by atoms with E-state index in [-0.39, 0.29) is 5.92 Å². The molecule has 1 unspecified atom stereocenters. The minimum Gasteiger partial charge on any atom is -0.497 e. The number of ether oxygens (including phenoxy) is 1. The number of hydrogen-bond donors (Lipinski definition) is 1. The molecule has 0 bridgehead atoms. The normalized spacial score (nSPS) is 15.0. The van der Waals surface area contributed by atoms with Gasteiger partial charge in [0.05, 0.1) is 13.2 Å². The van der Waals surface area contributed by atoms with Crippen LogP contribution in [0.1, 0.15) is 39.8 Å². The van der Waals surface area contributed by atoms with Crippen LogP contribution in [0.4, 0.5) is 0 Å². The molecule has 126 valence electrons. The average molecular weight is 330 g/mol. The van der Waals surface area contributed by atoms with E-state index in [1.54, 1.807) is 7.11 Å². The van der Waals surface area contributed by atoms with Crippen molar-refractivity contribution in [2.45, 2.75) is 24.9 Å². The lowest BCUT2D eigenvalue weighted by Crippen LogP contribution is -2.14. The van der Waals surface area contributed by atoms with Gasteiger partial charge in [-0.15, -0.1) is 0 Å². The van der Waals surface area contributed by atoms with Crippen molar-refractivity contribution in [3.05, 3.63) is 101 Å². The predicted octanol–water partition coefficient (Wildman–Crippen LogP) is 4.66. The minimum absolute atomic E-state index is 0.0525. The number of benzene rings is 3. The number of rotatable bonds is 3. The summed E-state index contributed by atoms with van der Waals surface area (Å²) in [5, 5.41) is 11.3. The van der Waals surface area contributed by atoms with E-state index in [9.17, 15) is 5.11 Å². The molecule has 1 aliphatic rings. The molecule has 0 fully saturated rings. The third kappa shape index (κ3) is 2.94. The third-order valence-corrected chi connectivity index (χ3v) is 5.22. The molecule has 4 rings (SSSR count). The van der Waals surface area contributed by atoms with Gasteiger partial charge in [-0.1, -0.05) is 60.7 Å². The van der Waals surface area contributed by atoms with Gasteiger partial charge in [0.2, 0.25) is 0 Å². The fraction of sp³-hybridized carbons (Fsp3) is 0.217. The molecule has 0 aromatic heterocycles. The van der Waals surface area contributed by atoms with E-state index < -0.39 is 6.10 Å². The third-order valence-electron chi connectivity index (χ3n) is 5.22. The number of aliphatic hydroxyl groups excluding tert-OH is 1. The van der Waals surface area contributed by atoms with Crippen LogP contribution >= 0.6 is 0 Å². The van der Waals surface area contributed by atoms with Crippen molar-refractivity contribution in [3.8, 4) is 5.75 Å². The zero-order valence-electron chi connectivity index (χ0n) is 14.4. The van der Waals surface area contributed by atoms with Crippen LogP contribution in [0.2, 0.25) is 0 Å². The van der Waals surface area contributed by atoms with E-state index >= 15 is 0 Å². The molecule has 0 amide bonds. The average Bonchev–Trinajstić information content (AvgIpc) is 2.84. The Morgan fingerprint density at radius 3 is 1.84 bits per heavy atom. The molecular formula is C23H22O2. The second kappa shape index (κ2) is 6.73. The smallest absolute Gasteiger partial charge is 0.118 e. The van der Waals surface area contributed by atoms with Gasteiger partial charge < -0.3 is 9.84 Å². The first-order valence-electron chi connectivity index (χ1n) is 8.75. The van der Waals surface area contributed by atoms with Crippen LogP contribution in [-0.4, -0.2) is 12.2 Å². The largest absolute Gasteiger partial charge is 0.497 e. The van der Waals surface area contributed by atoms with E-state index in [0.29, 0.717) is 0 Å². The van der Waals surface area contributed by atoms with Gasteiger partial charge >= 0.3 is 0 Å². The molecule has 1 atom stereocenters. The Morgan fingerprint density at radius 1 is 0.800 bits per heavy atom. The zero-order chi connectivity index (χ0) is 17.2. The van der Waals surface area contributed by atoms with Gasteiger partial charge in [-0.3, -0.25) is 0 Å². The van der Waals surface area contributed by atoms with Crippen molar-refractivity contribution in [2.75, 3.05) is 7.11 Å². The van der Waals surface area contributed by atoms with Crippen molar-refractivity contribution in [2.24, 2.45) is 0 Å². The second-order valence-corrected chi connectivity index (χ2v) is 6.59. The Morgan fingerprint density at radius 2 is 1.32 bits per heavy atom. The standard InChI is InChI=1S/C23H22O2/c1-25-19-14-12-18(13-15-19)23(24)22-20-8-4-2-6-16(20)10-11-17-7-3-5-9-21(17)22/h2-9,12-15,22-24H,10-11H2,1H3. The Hall–Kier alpha value is -2.58. The molecule has 0 spiro atoms. The lowest BCUT2D eigenvalue weighted by atomic mass is 9.81. The van der Waals surface area contributed by atoms with Crippen molar-refractivity contribution < 1.29 is 9.84 Å². The van der Waals surface area contributed by atoms with Gasteiger partial charge in [0.1, 0.15) is 5.75 Å². The Balaban J connectivity index is 1.84. The van der Waals surface area contributed by atoms with Crippen LogP contribution in [0, 0.1) is 0 Å². The number of aliphatic hydroxyl groups is 1. The molecule has 1 N–H and O–H groups in total. The van der Waals surface area contributed by atoms with Crippen LogP contribution < -0.4 is 4.74 Å². The SMILES string of the molecule is COc1ccc(C(O)C2c3ccccc3CCc3ccccc32)cc1. The maximum absolute atomic E-state index is 11.3. The Labute approximate surface area is 148 Å². The first kappa shape index (κ1) is 15.9. The summed E-state index contributed by atoms with van der Waals surface area (Å²) in [6.07, 6.45) is 1.43. The molecule has 3 aromatic rings. The monoisotopic (exact) mass is 330 g/mol. The quantitative estimate of drug-likeness (QED) is 0.757. The molecule has 0 saturated heterocycles. The lowest BCUT2D eigenvalue weighted by molar-refractivity contribution is 0.159. The van der Waals surface area contributed by atoms with Gasteiger partial charge in [-0.2, -0.15) is 0 Å². The predicted molar refractivity (Wildman–Crippen MR) is 100 cm³/mol. The van der Waals surface area contributed by atoms with Gasteiger partial charge in [0.15, 0.2) is 0 Å². The van der Waals surface area contributed by atoms with Crippen LogP contribution in [-0.2, 0) is 12.8 Å². The maximum atomic E-state index is 11.3. The van der Waals surface area contributed by atoms with Gasteiger partial charge in [-0.05, 0) is 52.8 Å². The highest BCUT2D eigenvalue weighted by Crippen LogP contribution is 2.42. The summed E-state index contributed by atoms with van der Waals surface area (Å²) in [6.45, 7) is 0. The molecule has 2 heteroatoms. The maximum Gasteiger partial charge on any atom is 0.118 e. The van der Waals surface area contributed by atoms with Crippen LogP contribution in [0.15, 0.2) is 72.8 Å². The van der Waals surface area contributed by atoms with Crippen LogP contribution in [0.5, 0.6) is 5.75 Å². The summed E-state index contributed by atoms with van der Waals surface area (Å²) >= 11 is 0. The Bertz CT molecular complexity index is 820. The highest BCUT2D eigenvalue weighted by atomic mass is 16.5. The van der Waals surface area contributed by atoms with Crippen molar-refractivity contribution in [3.63, 3.8) is 0 Å². The molecule has 3 aromatic carbocycles. The number of hydrogen-bond acceptors (Lipinski definition) is 2. The number of fused-ring (bicyclic) bond motifs is 2. The van der Waals surface area contributed by atoms with Crippen LogP contribution in [0.3, 0.4) is 0 Å². The topological polar surface area (TPSA) is 29.5 Å². The van der Waals surface area contributed by atoms with Crippen LogP contribution in [0.25, 0.3) is 0 Å². The summed E-state index contributed by atoms with van der Waals surface area (Å²) in [6, 6.07) is 24.8. The lowest BCUT2D eigenvalue weighted by Gasteiger charge is -2.26. The summed E-state index contributed by atoms with van der Waals surface area (Å²) in [4.78, 5) is 0. The first-order valence-corrected chi connectivity index (χ1v) is 8.75. The minimum atomic E-state index is -0.591. The fourth-order valence-electron chi connectivity index (χ4n) is 3.90. The molecule has 0 aliphatic heterocycles. The number of aryl methyl sites for hydroxylation is 2. The van der Waals surface area contributed by atoms with Crippen molar-refractivity contribution >= 4 is 0 Å². The van der Waals surface area contributed by atoms with Gasteiger partial charge in [-0.25, -0.2) is 0 Å². The molecule has 0 saturated carbocycles. The van der Waals surface area contributed by atoms with E-state index in [1.807, 2.05) is 24.3 Å². The summed E-state index contributed by atoms with van der Waals surface area (Å²) in [7, 11) is 1.66. The van der Waals surface area contributed by atoms with Crippen molar-refractivity contribution in [1.29, 1.82) is 0 Å². The molecule has 2 nitrogen and oxygen atoms in total. The molecular weight excluding hydrogens is 308 g/mol. The summed E-state index contributed by atoms with van der Waals surface area (Å²) in [5.74, 6) is 0.751. The zero-order valence-corrected chi connectivity index (χ0v) is 14.4. The highest BCUT2D eigenvalue weighted by Gasteiger charge is 2.30. The second-order valence-electron chi connectivity index (χ2n) is 6.59. The van der Waals surface area contributed by atoms with Gasteiger partial charge in [0, 0.05) is 5.92 Å². The first-order chi connectivity index (χ1) is 12.3. The van der Waals surface area contributed by atoms with Gasteiger partial charge in [0.25, 0.3) is 0 Å². The molecule has 25 heavy (non-hydrogen) atoms. The highest BCUT2D eigenvalue weighted by molar-refractivity contribution is 5.47. The molecule has 0 heterocycles. The Kier molecular flexibility index (Phi) is 4.29. The van der Waals surface area contributed by atoms with E-state index in [4.69, 9.17) is 4.74 Å². The van der Waals surface area contributed by atoms with E-state index in [1.165, 1.54) is 22.3 Å². The molecule has 0 radical (unpaired) electrons. The fourth-order valence-corrected chi connectivity index (χ4v) is 3.90. The van der Waals surface area contributed by atoms with E-state index in [2.05, 4.69) is 48.5 Å². The number of methoxy groups -OCH3 is 1. The molecule has 1 aliphatic carbocycles. The van der Waals surface area contributed by atoms with E-state index in [0.717, 1.165) is 24.2 Å². The summed E-state index contributed by atoms with van der Waals surface area (Å²) in [5.41, 5.74) is 6.04. The van der Waals surface area contributed by atoms with Crippen molar-refractivity contribution in [1.82, 2.24) is 0 Å². The summed E-state index contributed by atoms with van der Waals surface area (Å²) < 4.78 is 5.25.